The predicted octanol–water partition coefficient (Wildman–Crippen LogP) is 18.1. The summed E-state index contributed by atoms with van der Waals surface area (Å²) in [6, 6.07) is 105. The van der Waals surface area contributed by atoms with Gasteiger partial charge in [-0.2, -0.15) is 0 Å². The van der Waals surface area contributed by atoms with E-state index in [4.69, 9.17) is 0 Å². The second-order valence-electron chi connectivity index (χ2n) is 20.2. The van der Waals surface area contributed by atoms with E-state index >= 15 is 0 Å². The van der Waals surface area contributed by atoms with Crippen molar-refractivity contribution in [2.75, 3.05) is 4.90 Å². The Morgan fingerprint density at radius 2 is 0.878 bits per heavy atom. The topological polar surface area (TPSA) is 8.17 Å². The summed E-state index contributed by atoms with van der Waals surface area (Å²) in [4.78, 5) is 2.55. The van der Waals surface area contributed by atoms with Gasteiger partial charge < -0.3 is 9.47 Å². The smallest absolute Gasteiger partial charge is 0.0755 e. The van der Waals surface area contributed by atoms with E-state index in [1.54, 1.807) is 0 Å². The van der Waals surface area contributed by atoms with Crippen LogP contribution in [0.1, 0.15) is 44.5 Å². The molecule has 2 heteroatoms. The zero-order valence-corrected chi connectivity index (χ0v) is 40.5. The summed E-state index contributed by atoms with van der Waals surface area (Å²) in [5.41, 5.74) is 23.6. The molecule has 2 heterocycles. The molecule has 344 valence electrons. The number of hydrogen-bond acceptors (Lipinski definition) is 1. The van der Waals surface area contributed by atoms with Crippen molar-refractivity contribution in [2.45, 2.75) is 10.8 Å². The number of nitrogens with zero attached hydrogens (tertiary/aromatic N) is 2. The largest absolute Gasteiger partial charge is 0.310 e. The Kier molecular flexibility index (Phi) is 8.62. The van der Waals surface area contributed by atoms with Gasteiger partial charge in [-0.05, 0) is 126 Å². The molecule has 2 nitrogen and oxygen atoms in total. The maximum Gasteiger partial charge on any atom is 0.0755 e. The first-order chi connectivity index (χ1) is 36.7. The third kappa shape index (κ3) is 5.33. The Balaban J connectivity index is 1.01. The number of rotatable bonds is 6. The molecule has 0 fully saturated rings. The van der Waals surface area contributed by atoms with E-state index in [-0.39, 0.29) is 0 Å². The second-order valence-corrected chi connectivity index (χ2v) is 20.2. The molecule has 1 spiro atoms. The van der Waals surface area contributed by atoms with Gasteiger partial charge in [0.15, 0.2) is 0 Å². The first kappa shape index (κ1) is 41.2. The SMILES string of the molecule is c1ccc(-c2ccc(N(c3ccc4c(c3)C(c3ccccc3)(c3ccccc3)c3ccc5ccccc5c3-4)c3cccc4c3-c3ccccc3C43c4ccccc4-n4c5ccccc5c5cccc3c54)cc2)cc1. The standard InChI is InChI=1S/C72H46N2/c1-4-20-47(21-5-1)48-38-41-52(42-39-48)73(53-43-44-58-64(46-53)71(50-23-6-2-7-24-50,51-25-8-3-9-26-51)62-45-40-49-22-10-11-27-54(49)68(58)62)67-37-19-33-61-69(67)57-29-12-14-31-59(57)72(61)60-32-15-17-36-66(60)74-65-35-16-13-28-55(65)56-30-18-34-63(72)70(56)74/h1-46H. The van der Waals surface area contributed by atoms with Crippen molar-refractivity contribution >= 4 is 49.6 Å². The molecule has 0 bridgehead atoms. The van der Waals surface area contributed by atoms with Crippen LogP contribution in [0.5, 0.6) is 0 Å². The maximum absolute atomic E-state index is 2.55. The monoisotopic (exact) mass is 938 g/mol. The lowest BCUT2D eigenvalue weighted by Gasteiger charge is -2.39. The van der Waals surface area contributed by atoms with Crippen LogP contribution in [0.15, 0.2) is 279 Å². The number of anilines is 3. The van der Waals surface area contributed by atoms with Gasteiger partial charge in [0, 0.05) is 27.7 Å². The van der Waals surface area contributed by atoms with Crippen molar-refractivity contribution in [3.05, 3.63) is 324 Å². The van der Waals surface area contributed by atoms with E-state index in [0.29, 0.717) is 0 Å². The molecule has 0 N–H and O–H groups in total. The number of fused-ring (bicyclic) bond motifs is 17. The third-order valence-corrected chi connectivity index (χ3v) is 16.8. The van der Waals surface area contributed by atoms with Crippen molar-refractivity contribution in [1.29, 1.82) is 0 Å². The average Bonchev–Trinajstić information content (AvgIpc) is 4.12. The zero-order chi connectivity index (χ0) is 48.5. The van der Waals surface area contributed by atoms with Gasteiger partial charge in [-0.3, -0.25) is 0 Å². The highest BCUT2D eigenvalue weighted by Crippen LogP contribution is 2.64. The van der Waals surface area contributed by atoms with Gasteiger partial charge in [-0.1, -0.05) is 237 Å². The van der Waals surface area contributed by atoms with Crippen molar-refractivity contribution in [1.82, 2.24) is 4.57 Å². The number of hydrogen-bond donors (Lipinski definition) is 0. The fourth-order valence-electron chi connectivity index (χ4n) is 14.0. The first-order valence-corrected chi connectivity index (χ1v) is 25.8. The summed E-state index contributed by atoms with van der Waals surface area (Å²) in [6.45, 7) is 0. The molecule has 0 amide bonds. The highest BCUT2D eigenvalue weighted by atomic mass is 15.1. The minimum Gasteiger partial charge on any atom is -0.310 e. The molecule has 2 aliphatic carbocycles. The summed E-state index contributed by atoms with van der Waals surface area (Å²) in [7, 11) is 0. The van der Waals surface area contributed by atoms with Crippen LogP contribution in [-0.4, -0.2) is 4.57 Å². The Morgan fingerprint density at radius 1 is 0.311 bits per heavy atom. The quantitative estimate of drug-likeness (QED) is 0.161. The van der Waals surface area contributed by atoms with Crippen molar-refractivity contribution in [3.63, 3.8) is 0 Å². The van der Waals surface area contributed by atoms with Crippen LogP contribution in [0.3, 0.4) is 0 Å². The van der Waals surface area contributed by atoms with E-state index in [1.165, 1.54) is 116 Å². The summed E-state index contributed by atoms with van der Waals surface area (Å²) in [5, 5.41) is 5.06. The van der Waals surface area contributed by atoms with Gasteiger partial charge in [0.05, 0.1) is 33.2 Å². The molecule has 3 aliphatic rings. The van der Waals surface area contributed by atoms with Crippen molar-refractivity contribution in [2.24, 2.45) is 0 Å². The van der Waals surface area contributed by atoms with Crippen molar-refractivity contribution < 1.29 is 0 Å². The molecule has 1 unspecified atom stereocenters. The minimum absolute atomic E-state index is 0.596. The molecule has 12 aromatic carbocycles. The zero-order valence-electron chi connectivity index (χ0n) is 40.5. The third-order valence-electron chi connectivity index (χ3n) is 16.8. The molecule has 1 aliphatic heterocycles. The maximum atomic E-state index is 2.55. The Hall–Kier alpha value is -9.50. The molecule has 74 heavy (non-hydrogen) atoms. The normalized spacial score (nSPS) is 15.2. The summed E-state index contributed by atoms with van der Waals surface area (Å²) >= 11 is 0. The number of para-hydroxylation sites is 3. The lowest BCUT2D eigenvalue weighted by atomic mass is 9.65. The van der Waals surface area contributed by atoms with Crippen LogP contribution < -0.4 is 4.90 Å². The van der Waals surface area contributed by atoms with Gasteiger partial charge in [-0.25, -0.2) is 0 Å². The number of benzene rings is 12. The van der Waals surface area contributed by atoms with Crippen LogP contribution in [-0.2, 0) is 10.8 Å². The van der Waals surface area contributed by atoms with Gasteiger partial charge in [0.1, 0.15) is 0 Å². The molecule has 16 rings (SSSR count). The molecule has 0 saturated carbocycles. The lowest BCUT2D eigenvalue weighted by Crippen LogP contribution is -2.33. The van der Waals surface area contributed by atoms with Crippen LogP contribution in [0.25, 0.3) is 71.6 Å². The van der Waals surface area contributed by atoms with E-state index in [2.05, 4.69) is 289 Å². The van der Waals surface area contributed by atoms with Crippen molar-refractivity contribution in [3.8, 4) is 39.1 Å². The summed E-state index contributed by atoms with van der Waals surface area (Å²) in [5.74, 6) is 0. The van der Waals surface area contributed by atoms with E-state index in [0.717, 1.165) is 17.1 Å². The number of aromatic nitrogens is 1. The Morgan fingerprint density at radius 3 is 1.68 bits per heavy atom. The van der Waals surface area contributed by atoms with E-state index in [9.17, 15) is 0 Å². The summed E-state index contributed by atoms with van der Waals surface area (Å²) in [6.07, 6.45) is 0. The molecule has 0 saturated heterocycles. The van der Waals surface area contributed by atoms with Crippen LogP contribution in [0, 0.1) is 0 Å². The van der Waals surface area contributed by atoms with E-state index in [1.807, 2.05) is 0 Å². The average molecular weight is 939 g/mol. The fourth-order valence-corrected chi connectivity index (χ4v) is 14.0. The second kappa shape index (κ2) is 15.5. The van der Waals surface area contributed by atoms with Gasteiger partial charge in [0.25, 0.3) is 0 Å². The highest BCUT2D eigenvalue weighted by molar-refractivity contribution is 6.13. The van der Waals surface area contributed by atoms with Crippen LogP contribution in [0.4, 0.5) is 17.1 Å². The highest BCUT2D eigenvalue weighted by Gasteiger charge is 2.52. The van der Waals surface area contributed by atoms with Gasteiger partial charge >= 0.3 is 0 Å². The molecule has 13 aromatic rings. The molecular formula is C72H46N2. The summed E-state index contributed by atoms with van der Waals surface area (Å²) < 4.78 is 2.53. The lowest BCUT2D eigenvalue weighted by molar-refractivity contribution is 0.748. The molecule has 1 aromatic heterocycles. The minimum atomic E-state index is -0.603. The molecular weight excluding hydrogens is 893 g/mol. The van der Waals surface area contributed by atoms with E-state index < -0.39 is 10.8 Å². The molecule has 0 radical (unpaired) electrons. The molecule has 1 atom stereocenters. The Bertz CT molecular complexity index is 4380. The fraction of sp³-hybridized carbons (Fsp3) is 0.0278. The van der Waals surface area contributed by atoms with Crippen LogP contribution >= 0.6 is 0 Å². The van der Waals surface area contributed by atoms with Crippen LogP contribution in [0.2, 0.25) is 0 Å². The first-order valence-electron chi connectivity index (χ1n) is 25.8. The Labute approximate surface area is 430 Å². The predicted molar refractivity (Wildman–Crippen MR) is 307 cm³/mol. The van der Waals surface area contributed by atoms with Gasteiger partial charge in [-0.15, -0.1) is 0 Å². The van der Waals surface area contributed by atoms with Gasteiger partial charge in [0.2, 0.25) is 0 Å².